The minimum absolute atomic E-state index is 1.19. The van der Waals surface area contributed by atoms with Crippen LogP contribution in [-0.4, -0.2) is 0 Å². The summed E-state index contributed by atoms with van der Waals surface area (Å²) in [5, 5.41) is 0. The summed E-state index contributed by atoms with van der Waals surface area (Å²) in [5.41, 5.74) is 2.42. The summed E-state index contributed by atoms with van der Waals surface area (Å²) >= 11 is 2.31. The van der Waals surface area contributed by atoms with Crippen molar-refractivity contribution < 1.29 is 0 Å². The highest BCUT2D eigenvalue weighted by Gasteiger charge is 1.95. The van der Waals surface area contributed by atoms with Crippen LogP contribution in [0.4, 0.5) is 0 Å². The van der Waals surface area contributed by atoms with Gasteiger partial charge in [-0.15, -0.1) is 0 Å². The van der Waals surface area contributed by atoms with Gasteiger partial charge in [-0.05, 0) is 52.8 Å². The molecule has 0 radical (unpaired) electrons. The monoisotopic (exact) mass is 270 g/mol. The van der Waals surface area contributed by atoms with Gasteiger partial charge < -0.3 is 0 Å². The van der Waals surface area contributed by atoms with Gasteiger partial charge in [0, 0.05) is 3.57 Å². The largest absolute Gasteiger partial charge is 0.0984 e. The Morgan fingerprint density at radius 3 is 2.67 bits per heavy atom. The Morgan fingerprint density at radius 1 is 1.33 bits per heavy atom. The smallest absolute Gasteiger partial charge is 0.0136 e. The van der Waals surface area contributed by atoms with Gasteiger partial charge in [-0.2, -0.15) is 0 Å². The molecule has 0 saturated heterocycles. The van der Waals surface area contributed by atoms with Crippen LogP contribution < -0.4 is 0 Å². The first-order valence-electron chi connectivity index (χ1n) is 3.82. The molecule has 0 aromatic heterocycles. The third-order valence-electron chi connectivity index (χ3n) is 1.61. The molecule has 0 aliphatic carbocycles. The highest BCUT2D eigenvalue weighted by Crippen LogP contribution is 2.16. The zero-order chi connectivity index (χ0) is 8.97. The lowest BCUT2D eigenvalue weighted by Gasteiger charge is -2.00. The van der Waals surface area contributed by atoms with Gasteiger partial charge in [0.25, 0.3) is 0 Å². The summed E-state index contributed by atoms with van der Waals surface area (Å²) in [7, 11) is 0. The maximum Gasteiger partial charge on any atom is 0.0136 e. The number of hydrogen-bond donors (Lipinski definition) is 0. The molecule has 0 bridgehead atoms. The molecule has 1 heteroatoms. The van der Waals surface area contributed by atoms with Gasteiger partial charge in [0.15, 0.2) is 0 Å². The fourth-order valence-corrected chi connectivity index (χ4v) is 1.57. The van der Waals surface area contributed by atoms with Crippen LogP contribution in [0.3, 0.4) is 0 Å². The van der Waals surface area contributed by atoms with Crippen molar-refractivity contribution in [2.75, 3.05) is 0 Å². The van der Waals surface area contributed by atoms with Crippen molar-refractivity contribution in [3.05, 3.63) is 45.6 Å². The molecule has 0 aliphatic heterocycles. The first-order chi connectivity index (χ1) is 5.77. The second-order valence-corrected chi connectivity index (χ2v) is 3.72. The number of allylic oxidation sites excluding steroid dienone is 1. The van der Waals surface area contributed by atoms with E-state index < -0.39 is 0 Å². The Bertz CT molecular complexity index is 311. The maximum atomic E-state index is 3.77. The molecule has 12 heavy (non-hydrogen) atoms. The Balaban J connectivity index is 3.20. The average molecular weight is 270 g/mol. The molecule has 0 unspecified atom stereocenters. The fraction of sp³-hybridized carbons (Fsp3) is 0.0909. The molecule has 0 nitrogen and oxygen atoms in total. The number of halogens is 1. The van der Waals surface area contributed by atoms with Crippen LogP contribution >= 0.6 is 22.6 Å². The first-order valence-corrected chi connectivity index (χ1v) is 4.90. The molecule has 0 spiro atoms. The van der Waals surface area contributed by atoms with Crippen molar-refractivity contribution in [1.29, 1.82) is 0 Å². The normalized spacial score (nSPS) is 10.5. The van der Waals surface area contributed by atoms with Gasteiger partial charge in [0.05, 0.1) is 0 Å². The van der Waals surface area contributed by atoms with Crippen molar-refractivity contribution in [2.45, 2.75) is 6.92 Å². The first kappa shape index (κ1) is 9.52. The lowest BCUT2D eigenvalue weighted by molar-refractivity contribution is 1.56. The fourth-order valence-electron chi connectivity index (χ4n) is 1.06. The molecular formula is C11H11I. The van der Waals surface area contributed by atoms with Crippen LogP contribution in [0.5, 0.6) is 0 Å². The van der Waals surface area contributed by atoms with Crippen molar-refractivity contribution in [3.63, 3.8) is 0 Å². The van der Waals surface area contributed by atoms with Gasteiger partial charge in [-0.25, -0.2) is 0 Å². The van der Waals surface area contributed by atoms with Crippen molar-refractivity contribution in [1.82, 2.24) is 0 Å². The molecule has 62 valence electrons. The maximum absolute atomic E-state index is 3.77. The summed E-state index contributed by atoms with van der Waals surface area (Å²) in [6.07, 6.45) is 6.02. The molecule has 0 amide bonds. The Hall–Kier alpha value is -0.570. The van der Waals surface area contributed by atoms with Gasteiger partial charge >= 0.3 is 0 Å². The minimum Gasteiger partial charge on any atom is -0.0984 e. The summed E-state index contributed by atoms with van der Waals surface area (Å²) < 4.78 is 1.26. The van der Waals surface area contributed by atoms with Gasteiger partial charge in [-0.1, -0.05) is 30.9 Å². The number of hydrogen-bond acceptors (Lipinski definition) is 0. The molecule has 0 fully saturated rings. The van der Waals surface area contributed by atoms with Gasteiger partial charge in [0.1, 0.15) is 0 Å². The molecule has 0 atom stereocenters. The predicted octanol–water partition coefficient (Wildman–Crippen LogP) is 3.97. The lowest BCUT2D eigenvalue weighted by atomic mass is 10.1. The van der Waals surface area contributed by atoms with Crippen LogP contribution in [0.1, 0.15) is 18.1 Å². The molecule has 1 aromatic rings. The summed E-state index contributed by atoms with van der Waals surface area (Å²) in [6.45, 7) is 5.79. The molecular weight excluding hydrogens is 259 g/mol. The standard InChI is InChI=1S/C11H11I/c1-3-5-10-8-11(12)7-6-9(10)4-2/h3-8H,2H2,1H3/b5-3-. The highest BCUT2D eigenvalue weighted by molar-refractivity contribution is 14.1. The van der Waals surface area contributed by atoms with E-state index >= 15 is 0 Å². The number of rotatable bonds is 2. The average Bonchev–Trinajstić information content (AvgIpc) is 2.05. The van der Waals surface area contributed by atoms with Crippen molar-refractivity contribution in [2.24, 2.45) is 0 Å². The Kier molecular flexibility index (Phi) is 3.53. The molecule has 0 heterocycles. The zero-order valence-corrected chi connectivity index (χ0v) is 9.21. The molecule has 0 N–H and O–H groups in total. The third kappa shape index (κ3) is 2.21. The Labute approximate surface area is 87.1 Å². The quantitative estimate of drug-likeness (QED) is 0.713. The zero-order valence-electron chi connectivity index (χ0n) is 7.05. The van der Waals surface area contributed by atoms with E-state index in [4.69, 9.17) is 0 Å². The third-order valence-corrected chi connectivity index (χ3v) is 2.29. The van der Waals surface area contributed by atoms with E-state index in [1.807, 2.05) is 19.1 Å². The number of benzene rings is 1. The van der Waals surface area contributed by atoms with E-state index in [2.05, 4.69) is 53.4 Å². The van der Waals surface area contributed by atoms with Crippen LogP contribution in [0, 0.1) is 3.57 Å². The van der Waals surface area contributed by atoms with Crippen LogP contribution in [0.25, 0.3) is 12.2 Å². The van der Waals surface area contributed by atoms with Crippen LogP contribution in [-0.2, 0) is 0 Å². The van der Waals surface area contributed by atoms with E-state index in [9.17, 15) is 0 Å². The van der Waals surface area contributed by atoms with Crippen molar-refractivity contribution >= 4 is 34.7 Å². The van der Waals surface area contributed by atoms with E-state index in [0.717, 1.165) is 0 Å². The Morgan fingerprint density at radius 2 is 2.08 bits per heavy atom. The van der Waals surface area contributed by atoms with Crippen molar-refractivity contribution in [3.8, 4) is 0 Å². The molecule has 1 aromatic carbocycles. The summed E-state index contributed by atoms with van der Waals surface area (Å²) in [4.78, 5) is 0. The van der Waals surface area contributed by atoms with E-state index in [1.54, 1.807) is 0 Å². The second-order valence-electron chi connectivity index (χ2n) is 2.48. The van der Waals surface area contributed by atoms with Crippen LogP contribution in [0.2, 0.25) is 0 Å². The van der Waals surface area contributed by atoms with Gasteiger partial charge in [-0.3, -0.25) is 0 Å². The predicted molar refractivity (Wildman–Crippen MR) is 64.0 cm³/mol. The van der Waals surface area contributed by atoms with Gasteiger partial charge in [0.2, 0.25) is 0 Å². The van der Waals surface area contributed by atoms with E-state index in [-0.39, 0.29) is 0 Å². The minimum atomic E-state index is 1.19. The lowest BCUT2D eigenvalue weighted by Crippen LogP contribution is -1.81. The highest BCUT2D eigenvalue weighted by atomic mass is 127. The topological polar surface area (TPSA) is 0 Å². The van der Waals surface area contributed by atoms with E-state index in [1.165, 1.54) is 14.7 Å². The SMILES string of the molecule is C=Cc1ccc(I)cc1/C=C\C. The summed E-state index contributed by atoms with van der Waals surface area (Å²) in [6, 6.07) is 6.33. The summed E-state index contributed by atoms with van der Waals surface area (Å²) in [5.74, 6) is 0. The van der Waals surface area contributed by atoms with Crippen LogP contribution in [0.15, 0.2) is 30.9 Å². The second kappa shape index (κ2) is 4.45. The molecule has 1 rings (SSSR count). The van der Waals surface area contributed by atoms with E-state index in [0.29, 0.717) is 0 Å². The molecule has 0 aliphatic rings. The molecule has 0 saturated carbocycles.